The summed E-state index contributed by atoms with van der Waals surface area (Å²) in [5.41, 5.74) is -0.276. The maximum Gasteiger partial charge on any atom is 0.246 e. The van der Waals surface area contributed by atoms with Gasteiger partial charge in [0.15, 0.2) is 0 Å². The minimum Gasteiger partial charge on any atom is -0.366 e. The molecule has 1 amide bonds. The van der Waals surface area contributed by atoms with Crippen LogP contribution in [0.25, 0.3) is 0 Å². The third-order valence-corrected chi connectivity index (χ3v) is 5.65. The molecule has 0 aromatic rings. The Balaban J connectivity index is 2.05. The zero-order valence-corrected chi connectivity index (χ0v) is 12.5. The highest BCUT2D eigenvalue weighted by Crippen LogP contribution is 2.24. The number of sulfonamides is 1. The molecule has 0 aliphatic carbocycles. The van der Waals surface area contributed by atoms with E-state index in [0.29, 0.717) is 19.5 Å². The first-order valence-electron chi connectivity index (χ1n) is 6.56. The fourth-order valence-electron chi connectivity index (χ4n) is 2.56. The van der Waals surface area contributed by atoms with Gasteiger partial charge in [0.25, 0.3) is 0 Å². The molecule has 2 saturated heterocycles. The number of hydrogen-bond donors (Lipinski definition) is 1. The van der Waals surface area contributed by atoms with Crippen LogP contribution in [0.3, 0.4) is 0 Å². The predicted octanol–water partition coefficient (Wildman–Crippen LogP) is -0.0484. The van der Waals surface area contributed by atoms with Crippen molar-refractivity contribution in [1.82, 2.24) is 9.62 Å². The molecule has 2 heterocycles. The van der Waals surface area contributed by atoms with Crippen LogP contribution in [0, 0.1) is 5.41 Å². The van der Waals surface area contributed by atoms with Crippen LogP contribution >= 0.6 is 0 Å². The largest absolute Gasteiger partial charge is 0.366 e. The Morgan fingerprint density at radius 3 is 2.74 bits per heavy atom. The van der Waals surface area contributed by atoms with E-state index in [0.717, 1.165) is 0 Å². The molecule has 0 aromatic heterocycles. The second-order valence-corrected chi connectivity index (χ2v) is 8.46. The molecule has 0 saturated carbocycles. The van der Waals surface area contributed by atoms with Crippen molar-refractivity contribution in [2.75, 3.05) is 25.4 Å². The van der Waals surface area contributed by atoms with Gasteiger partial charge in [-0.3, -0.25) is 4.79 Å². The number of rotatable bonds is 2. The number of fused-ring (bicyclic) bond motifs is 1. The van der Waals surface area contributed by atoms with Gasteiger partial charge in [0.05, 0.1) is 17.9 Å². The topological polar surface area (TPSA) is 75.7 Å². The van der Waals surface area contributed by atoms with Crippen LogP contribution in [-0.2, 0) is 19.6 Å². The fraction of sp³-hybridized carbons (Fsp3) is 0.917. The first-order chi connectivity index (χ1) is 8.67. The molecule has 1 N–H and O–H groups in total. The minimum absolute atomic E-state index is 0.0567. The van der Waals surface area contributed by atoms with Crippen molar-refractivity contribution in [3.05, 3.63) is 0 Å². The third kappa shape index (κ3) is 3.67. The van der Waals surface area contributed by atoms with E-state index in [2.05, 4.69) is 5.32 Å². The van der Waals surface area contributed by atoms with Crippen molar-refractivity contribution in [2.45, 2.75) is 39.3 Å². The normalized spacial score (nSPS) is 29.7. The van der Waals surface area contributed by atoms with Gasteiger partial charge >= 0.3 is 0 Å². The number of nitrogens with zero attached hydrogens (tertiary/aromatic N) is 1. The lowest BCUT2D eigenvalue weighted by Crippen LogP contribution is -2.61. The number of hydrogen-bond acceptors (Lipinski definition) is 4. The molecular formula is C12H22N2O4S. The fourth-order valence-corrected chi connectivity index (χ4v) is 4.61. The van der Waals surface area contributed by atoms with Gasteiger partial charge in [-0.05, 0) is 11.8 Å². The molecule has 0 aromatic carbocycles. The average molecular weight is 290 g/mol. The van der Waals surface area contributed by atoms with E-state index in [4.69, 9.17) is 4.74 Å². The lowest BCUT2D eigenvalue weighted by Gasteiger charge is -2.41. The Morgan fingerprint density at radius 2 is 2.11 bits per heavy atom. The van der Waals surface area contributed by atoms with Crippen LogP contribution in [0.2, 0.25) is 0 Å². The number of amides is 1. The molecule has 110 valence electrons. The van der Waals surface area contributed by atoms with E-state index in [1.54, 1.807) is 0 Å². The van der Waals surface area contributed by atoms with Gasteiger partial charge in [-0.25, -0.2) is 8.42 Å². The van der Waals surface area contributed by atoms with E-state index < -0.39 is 10.0 Å². The summed E-state index contributed by atoms with van der Waals surface area (Å²) in [5, 5.41) is 2.81. The summed E-state index contributed by atoms with van der Waals surface area (Å²) in [6.07, 6.45) is 0.577. The predicted molar refractivity (Wildman–Crippen MR) is 71.1 cm³/mol. The molecule has 2 atom stereocenters. The molecule has 0 unspecified atom stereocenters. The van der Waals surface area contributed by atoms with Crippen molar-refractivity contribution < 1.29 is 17.9 Å². The summed E-state index contributed by atoms with van der Waals surface area (Å²) in [4.78, 5) is 11.3. The molecule has 6 nitrogen and oxygen atoms in total. The minimum atomic E-state index is -3.28. The highest BCUT2D eigenvalue weighted by atomic mass is 32.2. The molecule has 0 bridgehead atoms. The van der Waals surface area contributed by atoms with Crippen LogP contribution in [0.1, 0.15) is 27.2 Å². The van der Waals surface area contributed by atoms with Crippen LogP contribution in [0.15, 0.2) is 0 Å². The third-order valence-electron chi connectivity index (χ3n) is 3.30. The molecule has 7 heteroatoms. The number of nitrogens with one attached hydrogen (secondary N) is 1. The number of morpholine rings is 1. The van der Waals surface area contributed by atoms with Crippen molar-refractivity contribution in [3.8, 4) is 0 Å². The summed E-state index contributed by atoms with van der Waals surface area (Å²) in [6.45, 7) is 6.58. The summed E-state index contributed by atoms with van der Waals surface area (Å²) < 4.78 is 31.6. The van der Waals surface area contributed by atoms with Crippen molar-refractivity contribution in [1.29, 1.82) is 0 Å². The highest BCUT2D eigenvalue weighted by Gasteiger charge is 2.39. The number of carbonyl (C=O) groups is 1. The van der Waals surface area contributed by atoms with Crippen LogP contribution in [0.5, 0.6) is 0 Å². The molecule has 0 radical (unpaired) electrons. The number of ether oxygens (including phenoxy) is 1. The Hall–Kier alpha value is -0.660. The number of carbonyl (C=O) groups excluding carboxylic acids is 1. The molecular weight excluding hydrogens is 268 g/mol. The van der Waals surface area contributed by atoms with Gasteiger partial charge in [-0.1, -0.05) is 20.8 Å². The lowest BCUT2D eigenvalue weighted by molar-refractivity contribution is -0.139. The van der Waals surface area contributed by atoms with Gasteiger partial charge in [-0.15, -0.1) is 0 Å². The SMILES string of the molecule is CC(C)(C)CS(=O)(=O)N1CC[C@@H]2OCC(=O)N[C@H]2C1. The van der Waals surface area contributed by atoms with Gasteiger partial charge in [-0.2, -0.15) is 4.31 Å². The first kappa shape index (κ1) is 14.7. The molecule has 2 aliphatic rings. The molecule has 2 aliphatic heterocycles. The Morgan fingerprint density at radius 1 is 1.42 bits per heavy atom. The van der Waals surface area contributed by atoms with Gasteiger partial charge < -0.3 is 10.1 Å². The summed E-state index contributed by atoms with van der Waals surface area (Å²) in [5.74, 6) is -0.0528. The monoisotopic (exact) mass is 290 g/mol. The Labute approximate surface area is 114 Å². The van der Waals surface area contributed by atoms with Crippen molar-refractivity contribution in [2.24, 2.45) is 5.41 Å². The smallest absolute Gasteiger partial charge is 0.246 e. The second kappa shape index (κ2) is 5.03. The molecule has 2 fully saturated rings. The zero-order valence-electron chi connectivity index (χ0n) is 11.7. The van der Waals surface area contributed by atoms with Gasteiger partial charge in [0, 0.05) is 13.1 Å². The average Bonchev–Trinajstić information content (AvgIpc) is 2.24. The summed E-state index contributed by atoms with van der Waals surface area (Å²) in [7, 11) is -3.28. The second-order valence-electron chi connectivity index (χ2n) is 6.49. The van der Waals surface area contributed by atoms with Crippen LogP contribution in [-0.4, -0.2) is 56.2 Å². The molecule has 19 heavy (non-hydrogen) atoms. The van der Waals surface area contributed by atoms with Crippen molar-refractivity contribution in [3.63, 3.8) is 0 Å². The van der Waals surface area contributed by atoms with Crippen LogP contribution in [0.4, 0.5) is 0 Å². The molecule has 2 rings (SSSR count). The maximum absolute atomic E-state index is 12.3. The summed E-state index contributed by atoms with van der Waals surface area (Å²) >= 11 is 0. The van der Waals surface area contributed by atoms with Crippen LogP contribution < -0.4 is 5.32 Å². The standard InChI is InChI=1S/C12H22N2O4S/c1-12(2,3)8-19(16,17)14-5-4-10-9(6-14)13-11(15)7-18-10/h9-10H,4-8H2,1-3H3,(H,13,15)/t9-,10-/m0/s1. The zero-order chi connectivity index (χ0) is 14.3. The summed E-state index contributed by atoms with van der Waals surface area (Å²) in [6, 6.07) is -0.218. The van der Waals surface area contributed by atoms with E-state index in [-0.39, 0.29) is 35.8 Å². The lowest BCUT2D eigenvalue weighted by atomic mass is 10.0. The molecule has 0 spiro atoms. The van der Waals surface area contributed by atoms with Crippen molar-refractivity contribution >= 4 is 15.9 Å². The maximum atomic E-state index is 12.3. The quantitative estimate of drug-likeness (QED) is 0.774. The highest BCUT2D eigenvalue weighted by molar-refractivity contribution is 7.89. The Kier molecular flexibility index (Phi) is 3.90. The van der Waals surface area contributed by atoms with Gasteiger partial charge in [0.2, 0.25) is 15.9 Å². The number of piperidine rings is 1. The Bertz CT molecular complexity index is 455. The van der Waals surface area contributed by atoms with E-state index >= 15 is 0 Å². The van der Waals surface area contributed by atoms with E-state index in [1.807, 2.05) is 20.8 Å². The van der Waals surface area contributed by atoms with E-state index in [1.165, 1.54) is 4.31 Å². The first-order valence-corrected chi connectivity index (χ1v) is 8.17. The van der Waals surface area contributed by atoms with Gasteiger partial charge in [0.1, 0.15) is 6.61 Å². The van der Waals surface area contributed by atoms with E-state index in [9.17, 15) is 13.2 Å².